The molecule has 84 valence electrons. The van der Waals surface area contributed by atoms with Gasteiger partial charge in [-0.1, -0.05) is 18.2 Å². The normalized spacial score (nSPS) is 12.6. The van der Waals surface area contributed by atoms with Crippen molar-refractivity contribution in [3.05, 3.63) is 36.0 Å². The van der Waals surface area contributed by atoms with Crippen LogP contribution in [0.2, 0.25) is 0 Å². The fraction of sp³-hybridized carbons (Fsp3) is 0.273. The highest BCUT2D eigenvalue weighted by molar-refractivity contribution is 5.22. The third kappa shape index (κ3) is 2.04. The van der Waals surface area contributed by atoms with Gasteiger partial charge in [0.15, 0.2) is 5.95 Å². The summed E-state index contributed by atoms with van der Waals surface area (Å²) in [4.78, 5) is 0. The Morgan fingerprint density at radius 2 is 2.12 bits per heavy atom. The van der Waals surface area contributed by atoms with Crippen molar-refractivity contribution in [2.24, 2.45) is 5.73 Å². The molecule has 1 heterocycles. The first kappa shape index (κ1) is 10.6. The highest BCUT2D eigenvalue weighted by Gasteiger charge is 2.20. The summed E-state index contributed by atoms with van der Waals surface area (Å²) in [6.07, 6.45) is 0.442. The Hall–Kier alpha value is -1.88. The zero-order valence-electron chi connectivity index (χ0n) is 8.96. The van der Waals surface area contributed by atoms with E-state index in [4.69, 9.17) is 5.73 Å². The van der Waals surface area contributed by atoms with Gasteiger partial charge in [-0.25, -0.2) is 0 Å². The van der Waals surface area contributed by atoms with Gasteiger partial charge in [0.05, 0.1) is 11.7 Å². The summed E-state index contributed by atoms with van der Waals surface area (Å²) in [7, 11) is 0. The maximum atomic E-state index is 11.4. The molecule has 0 fully saturated rings. The van der Waals surface area contributed by atoms with Crippen LogP contribution in [0.5, 0.6) is 5.95 Å². The topological polar surface area (TPSA) is 79.0 Å². The minimum Gasteiger partial charge on any atom is -0.539 e. The molecule has 0 spiro atoms. The zero-order chi connectivity index (χ0) is 11.5. The first-order valence-electron chi connectivity index (χ1n) is 5.07. The second-order valence-electron chi connectivity index (χ2n) is 3.74. The molecule has 0 saturated heterocycles. The number of nitrogens with two attached hydrogens (primary N) is 1. The molecule has 0 aliphatic rings. The van der Waals surface area contributed by atoms with Crippen LogP contribution in [-0.4, -0.2) is 11.3 Å². The molecule has 16 heavy (non-hydrogen) atoms. The Labute approximate surface area is 93.1 Å². The lowest BCUT2D eigenvalue weighted by Crippen LogP contribution is -2.39. The SMILES string of the molecule is CC(N)Cc1c([O-])on[n+]1-c1ccccc1. The predicted octanol–water partition coefficient (Wildman–Crippen LogP) is -0.0854. The molecule has 1 unspecified atom stereocenters. The lowest BCUT2D eigenvalue weighted by atomic mass is 10.2. The van der Waals surface area contributed by atoms with E-state index in [2.05, 4.69) is 9.79 Å². The molecule has 0 saturated carbocycles. The van der Waals surface area contributed by atoms with Crippen LogP contribution in [-0.2, 0) is 6.42 Å². The van der Waals surface area contributed by atoms with E-state index in [1.54, 1.807) is 0 Å². The fourth-order valence-corrected chi connectivity index (χ4v) is 1.51. The molecular formula is C11H13N3O2. The minimum absolute atomic E-state index is 0.109. The quantitative estimate of drug-likeness (QED) is 0.732. The Morgan fingerprint density at radius 1 is 1.44 bits per heavy atom. The van der Waals surface area contributed by atoms with Crippen molar-refractivity contribution >= 4 is 0 Å². The van der Waals surface area contributed by atoms with Gasteiger partial charge in [-0.3, -0.25) is 0 Å². The van der Waals surface area contributed by atoms with Crippen molar-refractivity contribution in [1.29, 1.82) is 0 Å². The Kier molecular flexibility index (Phi) is 2.87. The Morgan fingerprint density at radius 3 is 2.75 bits per heavy atom. The molecule has 0 radical (unpaired) electrons. The van der Waals surface area contributed by atoms with Gasteiger partial charge < -0.3 is 15.4 Å². The predicted molar refractivity (Wildman–Crippen MR) is 54.8 cm³/mol. The van der Waals surface area contributed by atoms with Crippen LogP contribution in [0.1, 0.15) is 12.6 Å². The van der Waals surface area contributed by atoms with E-state index in [0.29, 0.717) is 12.1 Å². The number of rotatable bonds is 3. The molecule has 0 amide bonds. The van der Waals surface area contributed by atoms with Crippen LogP contribution in [0.4, 0.5) is 0 Å². The Bertz CT molecular complexity index is 465. The van der Waals surface area contributed by atoms with Gasteiger partial charge in [0.1, 0.15) is 0 Å². The fourth-order valence-electron chi connectivity index (χ4n) is 1.51. The highest BCUT2D eigenvalue weighted by Crippen LogP contribution is 2.11. The van der Waals surface area contributed by atoms with E-state index in [-0.39, 0.29) is 6.04 Å². The van der Waals surface area contributed by atoms with E-state index < -0.39 is 5.95 Å². The van der Waals surface area contributed by atoms with Crippen molar-refractivity contribution in [2.75, 3.05) is 0 Å². The van der Waals surface area contributed by atoms with Gasteiger partial charge in [-0.05, 0) is 11.6 Å². The molecule has 1 aromatic heterocycles. The van der Waals surface area contributed by atoms with Gasteiger partial charge in [0.25, 0.3) is 0 Å². The molecule has 2 N–H and O–H groups in total. The second kappa shape index (κ2) is 4.32. The van der Waals surface area contributed by atoms with Gasteiger partial charge >= 0.3 is 0 Å². The minimum atomic E-state index is -0.429. The molecule has 2 rings (SSSR count). The first-order valence-corrected chi connectivity index (χ1v) is 5.07. The largest absolute Gasteiger partial charge is 0.539 e. The van der Waals surface area contributed by atoms with Crippen LogP contribution in [0, 0.1) is 0 Å². The lowest BCUT2D eigenvalue weighted by Gasteiger charge is -2.01. The molecule has 0 bridgehead atoms. The number of aromatic nitrogens is 2. The third-order valence-corrected chi connectivity index (χ3v) is 2.21. The van der Waals surface area contributed by atoms with Crippen LogP contribution in [0.25, 0.3) is 5.69 Å². The second-order valence-corrected chi connectivity index (χ2v) is 3.74. The molecule has 1 aromatic carbocycles. The average Bonchev–Trinajstić information content (AvgIpc) is 2.61. The summed E-state index contributed by atoms with van der Waals surface area (Å²) < 4.78 is 6.14. The molecule has 0 aliphatic heterocycles. The van der Waals surface area contributed by atoms with Crippen molar-refractivity contribution in [3.63, 3.8) is 0 Å². The maximum absolute atomic E-state index is 11.4. The van der Waals surface area contributed by atoms with Crippen LogP contribution < -0.4 is 15.5 Å². The van der Waals surface area contributed by atoms with E-state index in [1.165, 1.54) is 4.68 Å². The average molecular weight is 219 g/mol. The number of para-hydroxylation sites is 1. The number of benzene rings is 1. The summed E-state index contributed by atoms with van der Waals surface area (Å²) in [5, 5.41) is 15.2. The van der Waals surface area contributed by atoms with E-state index in [0.717, 1.165) is 5.69 Å². The molecule has 0 aliphatic carbocycles. The van der Waals surface area contributed by atoms with Gasteiger partial charge in [0, 0.05) is 18.2 Å². The standard InChI is InChI=1S/C11H13N3O2/c1-8(12)7-10-11(15)16-13-14(10)9-5-3-2-4-6-9/h2-6,8H,7,12H2,1H3. The monoisotopic (exact) mass is 219 g/mol. The summed E-state index contributed by atoms with van der Waals surface area (Å²) in [6, 6.07) is 9.24. The maximum Gasteiger partial charge on any atom is 0.241 e. The summed E-state index contributed by atoms with van der Waals surface area (Å²) in [6.45, 7) is 1.84. The molecular weight excluding hydrogens is 206 g/mol. The zero-order valence-corrected chi connectivity index (χ0v) is 8.96. The number of hydrogen-bond donors (Lipinski definition) is 1. The van der Waals surface area contributed by atoms with Crippen LogP contribution in [0.15, 0.2) is 34.9 Å². The van der Waals surface area contributed by atoms with E-state index in [1.807, 2.05) is 37.3 Å². The molecule has 5 nitrogen and oxygen atoms in total. The van der Waals surface area contributed by atoms with E-state index >= 15 is 0 Å². The van der Waals surface area contributed by atoms with Crippen molar-refractivity contribution < 1.29 is 14.3 Å². The van der Waals surface area contributed by atoms with Gasteiger partial charge in [0.2, 0.25) is 11.4 Å². The Balaban J connectivity index is 2.42. The third-order valence-electron chi connectivity index (χ3n) is 2.21. The summed E-state index contributed by atoms with van der Waals surface area (Å²) >= 11 is 0. The first-order chi connectivity index (χ1) is 7.68. The smallest absolute Gasteiger partial charge is 0.241 e. The number of nitrogens with zero attached hydrogens (tertiary/aromatic N) is 2. The summed E-state index contributed by atoms with van der Waals surface area (Å²) in [5.74, 6) is -0.429. The lowest BCUT2D eigenvalue weighted by molar-refractivity contribution is -0.677. The highest BCUT2D eigenvalue weighted by atomic mass is 16.6. The van der Waals surface area contributed by atoms with Crippen molar-refractivity contribution in [2.45, 2.75) is 19.4 Å². The van der Waals surface area contributed by atoms with Crippen LogP contribution in [0.3, 0.4) is 0 Å². The van der Waals surface area contributed by atoms with Gasteiger partial charge in [-0.15, -0.1) is 0 Å². The van der Waals surface area contributed by atoms with Crippen molar-refractivity contribution in [1.82, 2.24) is 5.27 Å². The molecule has 5 heteroatoms. The van der Waals surface area contributed by atoms with E-state index in [9.17, 15) is 5.11 Å². The number of hydrogen-bond acceptors (Lipinski definition) is 4. The van der Waals surface area contributed by atoms with Crippen molar-refractivity contribution in [3.8, 4) is 11.6 Å². The molecule has 2 aromatic rings. The van der Waals surface area contributed by atoms with Gasteiger partial charge in [-0.2, -0.15) is 0 Å². The van der Waals surface area contributed by atoms with Crippen LogP contribution >= 0.6 is 0 Å². The summed E-state index contributed by atoms with van der Waals surface area (Å²) in [5.41, 5.74) is 6.95. The molecule has 1 atom stereocenters.